The van der Waals surface area contributed by atoms with E-state index in [2.05, 4.69) is 13.8 Å². The van der Waals surface area contributed by atoms with Gasteiger partial charge in [0.2, 0.25) is 5.78 Å². The molecule has 0 spiro atoms. The van der Waals surface area contributed by atoms with Crippen LogP contribution in [0.25, 0.3) is 0 Å². The Balaban J connectivity index is 1.67. The normalized spacial score (nSPS) is 14.2. The molecule has 3 rings (SSSR count). The Kier molecular flexibility index (Phi) is 5.03. The van der Waals surface area contributed by atoms with Gasteiger partial charge < -0.3 is 4.74 Å². The van der Waals surface area contributed by atoms with Gasteiger partial charge in [-0.15, -0.1) is 0 Å². The van der Waals surface area contributed by atoms with Crippen molar-refractivity contribution in [2.45, 2.75) is 52.1 Å². The number of hydrogen-bond donors (Lipinski definition) is 0. The minimum Gasteiger partial charge on any atom is -0.451 e. The van der Waals surface area contributed by atoms with E-state index in [4.69, 9.17) is 4.74 Å². The topological polar surface area (TPSA) is 43.4 Å². The molecule has 130 valence electrons. The van der Waals surface area contributed by atoms with Crippen molar-refractivity contribution in [1.29, 1.82) is 0 Å². The number of carbonyl (C=O) groups excluding carboxylic acids is 2. The highest BCUT2D eigenvalue weighted by Gasteiger charge is 2.22. The molecule has 3 heteroatoms. The highest BCUT2D eigenvalue weighted by Crippen LogP contribution is 2.24. The summed E-state index contributed by atoms with van der Waals surface area (Å²) in [5.74, 6) is -0.204. The number of benzene rings is 2. The predicted molar refractivity (Wildman–Crippen MR) is 98.2 cm³/mol. The van der Waals surface area contributed by atoms with E-state index in [9.17, 15) is 9.59 Å². The van der Waals surface area contributed by atoms with Crippen LogP contribution in [-0.2, 0) is 17.6 Å². The lowest BCUT2D eigenvalue weighted by Crippen LogP contribution is -2.24. The van der Waals surface area contributed by atoms with E-state index < -0.39 is 12.1 Å². The van der Waals surface area contributed by atoms with Gasteiger partial charge >= 0.3 is 5.97 Å². The van der Waals surface area contributed by atoms with Crippen molar-refractivity contribution in [3.8, 4) is 0 Å². The summed E-state index contributed by atoms with van der Waals surface area (Å²) in [5, 5.41) is 0. The van der Waals surface area contributed by atoms with Crippen LogP contribution >= 0.6 is 0 Å². The average Bonchev–Trinajstić information content (AvgIpc) is 3.08. The highest BCUT2D eigenvalue weighted by atomic mass is 16.5. The molecule has 1 aliphatic rings. The van der Waals surface area contributed by atoms with Crippen molar-refractivity contribution in [1.82, 2.24) is 0 Å². The van der Waals surface area contributed by atoms with E-state index in [1.54, 1.807) is 19.1 Å². The molecule has 0 aromatic heterocycles. The fourth-order valence-corrected chi connectivity index (χ4v) is 3.25. The van der Waals surface area contributed by atoms with Gasteiger partial charge in [-0.2, -0.15) is 0 Å². The second-order valence-corrected chi connectivity index (χ2v) is 7.03. The maximum absolute atomic E-state index is 12.6. The van der Waals surface area contributed by atoms with Gasteiger partial charge in [-0.25, -0.2) is 4.79 Å². The summed E-state index contributed by atoms with van der Waals surface area (Å²) in [5.41, 5.74) is 4.83. The minimum absolute atomic E-state index is 0.151. The molecular weight excluding hydrogens is 312 g/mol. The molecule has 0 saturated carbocycles. The maximum Gasteiger partial charge on any atom is 0.338 e. The summed E-state index contributed by atoms with van der Waals surface area (Å²) in [7, 11) is 0. The number of hydrogen-bond acceptors (Lipinski definition) is 3. The summed E-state index contributed by atoms with van der Waals surface area (Å²) < 4.78 is 5.38. The molecule has 0 heterocycles. The molecule has 0 fully saturated rings. The molecule has 0 bridgehead atoms. The second-order valence-electron chi connectivity index (χ2n) is 7.03. The molecular formula is C22H24O3. The van der Waals surface area contributed by atoms with Crippen LogP contribution in [-0.4, -0.2) is 17.9 Å². The largest absolute Gasteiger partial charge is 0.451 e. The summed E-state index contributed by atoms with van der Waals surface area (Å²) in [6, 6.07) is 13.2. The number of Topliss-reactive ketones (excluding diaryl/α,β-unsaturated/α-hetero) is 1. The average molecular weight is 336 g/mol. The van der Waals surface area contributed by atoms with E-state index in [1.807, 2.05) is 30.3 Å². The number of ether oxygens (including phenoxy) is 1. The van der Waals surface area contributed by atoms with Gasteiger partial charge in [-0.3, -0.25) is 4.79 Å². The summed E-state index contributed by atoms with van der Waals surface area (Å²) in [6.45, 7) is 5.84. The first-order valence-corrected chi connectivity index (χ1v) is 8.92. The molecule has 0 N–H and O–H groups in total. The van der Waals surface area contributed by atoms with Crippen molar-refractivity contribution >= 4 is 11.8 Å². The van der Waals surface area contributed by atoms with Gasteiger partial charge in [0.1, 0.15) is 0 Å². The van der Waals surface area contributed by atoms with Crippen LogP contribution in [0.2, 0.25) is 0 Å². The van der Waals surface area contributed by atoms with Crippen LogP contribution in [0.15, 0.2) is 42.5 Å². The molecule has 0 radical (unpaired) electrons. The standard InChI is InChI=1S/C22H24O3/c1-14(2)16-7-10-18(11-8-16)22(24)25-15(3)21(23)20-12-9-17-5-4-6-19(17)13-20/h7-15H,4-6H2,1-3H3/t15-/m1/s1. The third kappa shape index (κ3) is 3.81. The van der Waals surface area contributed by atoms with Crippen LogP contribution in [0.5, 0.6) is 0 Å². The quantitative estimate of drug-likeness (QED) is 0.586. The SMILES string of the molecule is CC(C)c1ccc(C(=O)O[C@H](C)C(=O)c2ccc3c(c2)CCC3)cc1. The van der Waals surface area contributed by atoms with Crippen molar-refractivity contribution in [3.63, 3.8) is 0 Å². The lowest BCUT2D eigenvalue weighted by molar-refractivity contribution is 0.0319. The molecule has 0 amide bonds. The Morgan fingerprint density at radius 2 is 1.52 bits per heavy atom. The Bertz CT molecular complexity index is 787. The zero-order valence-electron chi connectivity index (χ0n) is 15.0. The van der Waals surface area contributed by atoms with Crippen LogP contribution in [0.3, 0.4) is 0 Å². The maximum atomic E-state index is 12.6. The van der Waals surface area contributed by atoms with Crippen molar-refractivity contribution in [2.75, 3.05) is 0 Å². The molecule has 0 aliphatic heterocycles. The minimum atomic E-state index is -0.795. The first kappa shape index (κ1) is 17.4. The van der Waals surface area contributed by atoms with Crippen molar-refractivity contribution in [2.24, 2.45) is 0 Å². The van der Waals surface area contributed by atoms with Gasteiger partial charge in [-0.05, 0) is 67.0 Å². The number of fused-ring (bicyclic) bond motifs is 1. The van der Waals surface area contributed by atoms with Gasteiger partial charge in [0.15, 0.2) is 6.10 Å². The highest BCUT2D eigenvalue weighted by molar-refractivity contribution is 6.01. The predicted octanol–water partition coefficient (Wildman–Crippen LogP) is 4.73. The van der Waals surface area contributed by atoms with Crippen LogP contribution in [0.4, 0.5) is 0 Å². The Hall–Kier alpha value is -2.42. The molecule has 0 unspecified atom stereocenters. The van der Waals surface area contributed by atoms with Crippen LogP contribution in [0.1, 0.15) is 70.5 Å². The van der Waals surface area contributed by atoms with Gasteiger partial charge in [0.25, 0.3) is 0 Å². The Labute approximate surface area is 149 Å². The van der Waals surface area contributed by atoms with Gasteiger partial charge in [-0.1, -0.05) is 38.1 Å². The van der Waals surface area contributed by atoms with Crippen molar-refractivity contribution < 1.29 is 14.3 Å². The zero-order valence-corrected chi connectivity index (χ0v) is 15.0. The smallest absolute Gasteiger partial charge is 0.338 e. The number of carbonyl (C=O) groups is 2. The summed E-state index contributed by atoms with van der Waals surface area (Å²) in [4.78, 5) is 24.9. The van der Waals surface area contributed by atoms with E-state index in [1.165, 1.54) is 16.7 Å². The van der Waals surface area contributed by atoms with Crippen LogP contribution in [0, 0.1) is 0 Å². The van der Waals surface area contributed by atoms with Gasteiger partial charge in [0.05, 0.1) is 5.56 Å². The summed E-state index contributed by atoms with van der Waals surface area (Å²) in [6.07, 6.45) is 2.45. The van der Waals surface area contributed by atoms with E-state index >= 15 is 0 Å². The lowest BCUT2D eigenvalue weighted by Gasteiger charge is -2.14. The Morgan fingerprint density at radius 3 is 2.20 bits per heavy atom. The molecule has 25 heavy (non-hydrogen) atoms. The third-order valence-corrected chi connectivity index (χ3v) is 4.85. The summed E-state index contributed by atoms with van der Waals surface area (Å²) >= 11 is 0. The number of esters is 1. The molecule has 2 aromatic carbocycles. The molecule has 2 aromatic rings. The van der Waals surface area contributed by atoms with Gasteiger partial charge in [0, 0.05) is 5.56 Å². The fraction of sp³-hybridized carbons (Fsp3) is 0.364. The third-order valence-electron chi connectivity index (χ3n) is 4.85. The molecule has 3 nitrogen and oxygen atoms in total. The number of aryl methyl sites for hydroxylation is 2. The van der Waals surface area contributed by atoms with E-state index in [0.29, 0.717) is 17.0 Å². The molecule has 1 aliphatic carbocycles. The Morgan fingerprint density at radius 1 is 0.880 bits per heavy atom. The first-order valence-electron chi connectivity index (χ1n) is 8.92. The van der Waals surface area contributed by atoms with E-state index in [-0.39, 0.29) is 5.78 Å². The number of rotatable bonds is 5. The van der Waals surface area contributed by atoms with Crippen molar-refractivity contribution in [3.05, 3.63) is 70.3 Å². The van der Waals surface area contributed by atoms with Crippen LogP contribution < -0.4 is 0 Å². The monoisotopic (exact) mass is 336 g/mol. The molecule has 1 atom stereocenters. The fourth-order valence-electron chi connectivity index (χ4n) is 3.25. The van der Waals surface area contributed by atoms with E-state index in [0.717, 1.165) is 19.3 Å². The molecule has 0 saturated heterocycles. The lowest BCUT2D eigenvalue weighted by atomic mass is 10.0. The second kappa shape index (κ2) is 7.22. The first-order chi connectivity index (χ1) is 12.0. The number of ketones is 1. The zero-order chi connectivity index (χ0) is 18.0.